The van der Waals surface area contributed by atoms with Crippen molar-refractivity contribution in [3.8, 4) is 5.75 Å². The second-order valence-electron chi connectivity index (χ2n) is 14.2. The molecule has 0 bridgehead atoms. The molecule has 42 heavy (non-hydrogen) atoms. The normalized spacial score (nSPS) is 31.5. The van der Waals surface area contributed by atoms with Gasteiger partial charge in [-0.25, -0.2) is 0 Å². The quantitative estimate of drug-likeness (QED) is 0.161. The van der Waals surface area contributed by atoms with Crippen molar-refractivity contribution in [2.24, 2.45) is 28.6 Å². The van der Waals surface area contributed by atoms with Crippen molar-refractivity contribution in [3.05, 3.63) is 29.3 Å². The molecule has 1 aromatic rings. The van der Waals surface area contributed by atoms with Crippen LogP contribution in [0.15, 0.2) is 18.2 Å². The predicted octanol–water partition coefficient (Wildman–Crippen LogP) is 10.1. The molecule has 1 spiro atoms. The van der Waals surface area contributed by atoms with E-state index in [2.05, 4.69) is 13.0 Å². The van der Waals surface area contributed by atoms with E-state index < -0.39 is 18.5 Å². The summed E-state index contributed by atoms with van der Waals surface area (Å²) in [5, 5.41) is 21.4. The largest absolute Gasteiger partial charge is 0.508 e. The molecular formula is C34H49F5O2S. The molecule has 0 aromatic heterocycles. The first-order valence-electron chi connectivity index (χ1n) is 16.4. The molecule has 8 heteroatoms. The number of hydrogen-bond acceptors (Lipinski definition) is 3. The number of fused-ring (bicyclic) bond motifs is 6. The SMILES string of the molecule is C[C@]12CCC3c4ccc(O)cc4C[C@@H](CCCCCCCCCSCCCC(F)(F)C(F)(F)F)C3C1C[C@@H](O)C21CC1. The minimum absolute atomic E-state index is 0.117. The van der Waals surface area contributed by atoms with Gasteiger partial charge in [0.2, 0.25) is 0 Å². The zero-order chi connectivity index (χ0) is 30.2. The lowest BCUT2D eigenvalue weighted by atomic mass is 9.50. The summed E-state index contributed by atoms with van der Waals surface area (Å²) in [5.41, 5.74) is 3.20. The molecule has 6 atom stereocenters. The number of hydrogen-bond donors (Lipinski definition) is 2. The van der Waals surface area contributed by atoms with Crippen LogP contribution in [0.3, 0.4) is 0 Å². The maximum Gasteiger partial charge on any atom is 0.453 e. The number of aliphatic hydroxyl groups is 1. The average molecular weight is 617 g/mol. The number of halogens is 5. The van der Waals surface area contributed by atoms with E-state index in [1.54, 1.807) is 0 Å². The van der Waals surface area contributed by atoms with E-state index in [9.17, 15) is 32.2 Å². The Morgan fingerprint density at radius 1 is 0.905 bits per heavy atom. The lowest BCUT2D eigenvalue weighted by molar-refractivity contribution is -0.284. The van der Waals surface area contributed by atoms with Crippen LogP contribution in [0.4, 0.5) is 22.0 Å². The summed E-state index contributed by atoms with van der Waals surface area (Å²) in [4.78, 5) is 0. The Morgan fingerprint density at radius 3 is 2.26 bits per heavy atom. The topological polar surface area (TPSA) is 40.5 Å². The first-order chi connectivity index (χ1) is 19.9. The first kappa shape index (κ1) is 32.4. The minimum atomic E-state index is -5.44. The summed E-state index contributed by atoms with van der Waals surface area (Å²) in [6.07, 6.45) is 9.10. The number of phenols is 1. The van der Waals surface area contributed by atoms with E-state index in [0.717, 1.165) is 37.9 Å². The maximum absolute atomic E-state index is 12.9. The molecule has 2 N–H and O–H groups in total. The van der Waals surface area contributed by atoms with Crippen LogP contribution >= 0.6 is 11.8 Å². The van der Waals surface area contributed by atoms with Crippen LogP contribution in [-0.4, -0.2) is 39.9 Å². The minimum Gasteiger partial charge on any atom is -0.508 e. The third kappa shape index (κ3) is 6.37. The summed E-state index contributed by atoms with van der Waals surface area (Å²) in [6.45, 7) is 2.49. The Labute approximate surface area is 252 Å². The van der Waals surface area contributed by atoms with E-state index in [4.69, 9.17) is 0 Å². The fourth-order valence-electron chi connectivity index (χ4n) is 9.46. The van der Waals surface area contributed by atoms with E-state index in [-0.39, 0.29) is 23.4 Å². The zero-order valence-electron chi connectivity index (χ0n) is 25.0. The van der Waals surface area contributed by atoms with E-state index >= 15 is 0 Å². The number of unbranched alkanes of at least 4 members (excludes halogenated alkanes) is 6. The molecule has 4 aliphatic rings. The highest BCUT2D eigenvalue weighted by atomic mass is 32.2. The van der Waals surface area contributed by atoms with Crippen molar-refractivity contribution < 1.29 is 32.2 Å². The molecular weight excluding hydrogens is 567 g/mol. The number of phenolic OH excluding ortho intramolecular Hbond substituents is 1. The number of alkyl halides is 5. The highest BCUT2D eigenvalue weighted by molar-refractivity contribution is 7.99. The van der Waals surface area contributed by atoms with Crippen molar-refractivity contribution in [3.63, 3.8) is 0 Å². The molecule has 5 rings (SSSR count). The van der Waals surface area contributed by atoms with Crippen molar-refractivity contribution >= 4 is 11.8 Å². The Kier molecular flexibility index (Phi) is 9.84. The van der Waals surface area contributed by atoms with Crippen molar-refractivity contribution in [1.29, 1.82) is 0 Å². The summed E-state index contributed by atoms with van der Waals surface area (Å²) in [7, 11) is 0. The lowest BCUT2D eigenvalue weighted by Crippen LogP contribution is -2.46. The van der Waals surface area contributed by atoms with Crippen LogP contribution in [0.1, 0.15) is 120 Å². The van der Waals surface area contributed by atoms with Crippen LogP contribution in [0, 0.1) is 28.6 Å². The van der Waals surface area contributed by atoms with Gasteiger partial charge in [-0.2, -0.15) is 33.7 Å². The Bertz CT molecular complexity index is 1060. The Balaban J connectivity index is 1.02. The molecule has 3 unspecified atom stereocenters. The van der Waals surface area contributed by atoms with Gasteiger partial charge in [0.05, 0.1) is 6.10 Å². The van der Waals surface area contributed by atoms with Gasteiger partial charge in [0.15, 0.2) is 0 Å². The van der Waals surface area contributed by atoms with Gasteiger partial charge >= 0.3 is 12.1 Å². The fourth-order valence-corrected chi connectivity index (χ4v) is 10.4. The van der Waals surface area contributed by atoms with Gasteiger partial charge in [0.25, 0.3) is 0 Å². The van der Waals surface area contributed by atoms with Crippen LogP contribution in [0.2, 0.25) is 0 Å². The molecule has 2 nitrogen and oxygen atoms in total. The third-order valence-electron chi connectivity index (χ3n) is 11.9. The zero-order valence-corrected chi connectivity index (χ0v) is 25.9. The van der Waals surface area contributed by atoms with E-state index in [1.165, 1.54) is 80.7 Å². The number of rotatable bonds is 14. The van der Waals surface area contributed by atoms with Crippen molar-refractivity contribution in [2.45, 2.75) is 134 Å². The number of benzene rings is 1. The molecule has 0 heterocycles. The van der Waals surface area contributed by atoms with Gasteiger partial charge < -0.3 is 10.2 Å². The van der Waals surface area contributed by atoms with Crippen LogP contribution in [0.5, 0.6) is 5.75 Å². The second-order valence-corrected chi connectivity index (χ2v) is 15.4. The van der Waals surface area contributed by atoms with Gasteiger partial charge in [-0.15, -0.1) is 0 Å². The summed E-state index contributed by atoms with van der Waals surface area (Å²) < 4.78 is 62.5. The molecule has 1 aromatic carbocycles. The molecule has 0 radical (unpaired) electrons. The smallest absolute Gasteiger partial charge is 0.453 e. The lowest BCUT2D eigenvalue weighted by Gasteiger charge is -2.54. The number of thioether (sulfide) groups is 1. The molecule has 0 aliphatic heterocycles. The second kappa shape index (κ2) is 12.8. The van der Waals surface area contributed by atoms with Crippen molar-refractivity contribution in [2.75, 3.05) is 11.5 Å². The Morgan fingerprint density at radius 2 is 1.57 bits per heavy atom. The number of aromatic hydroxyl groups is 1. The van der Waals surface area contributed by atoms with Gasteiger partial charge in [0.1, 0.15) is 5.75 Å². The van der Waals surface area contributed by atoms with Crippen LogP contribution in [-0.2, 0) is 6.42 Å². The standard InChI is InChI=1S/C34H49F5O2S/c1-31-15-13-27-26-12-11-25(40)21-24(26)20-23(30(27)28(31)22-29(41)32(31)16-17-32)10-7-5-3-2-4-6-8-18-42-19-9-14-33(35,36)34(37,38)39/h11-12,21,23,27-30,40-41H,2-10,13-20,22H2,1H3/t23-,27?,28?,29-,30?,31+/m1/s1. The molecule has 0 saturated heterocycles. The Hall–Kier alpha value is -1.02. The summed E-state index contributed by atoms with van der Waals surface area (Å²) in [6, 6.07) is 6.02. The summed E-state index contributed by atoms with van der Waals surface area (Å²) >= 11 is 1.48. The molecule has 0 amide bonds. The highest BCUT2D eigenvalue weighted by Gasteiger charge is 2.71. The van der Waals surface area contributed by atoms with Gasteiger partial charge in [0, 0.05) is 11.8 Å². The fraction of sp³-hybridized carbons (Fsp3) is 0.824. The average Bonchev–Trinajstić information content (AvgIpc) is 3.71. The van der Waals surface area contributed by atoms with E-state index in [0.29, 0.717) is 35.2 Å². The van der Waals surface area contributed by atoms with Crippen molar-refractivity contribution in [1.82, 2.24) is 0 Å². The third-order valence-corrected chi connectivity index (χ3v) is 13.0. The van der Waals surface area contributed by atoms with E-state index in [1.807, 2.05) is 12.1 Å². The highest BCUT2D eigenvalue weighted by Crippen LogP contribution is 2.76. The van der Waals surface area contributed by atoms with Gasteiger partial charge in [-0.05, 0) is 122 Å². The molecule has 3 saturated carbocycles. The van der Waals surface area contributed by atoms with Crippen LogP contribution in [0.25, 0.3) is 0 Å². The van der Waals surface area contributed by atoms with Crippen LogP contribution < -0.4 is 0 Å². The first-order valence-corrected chi connectivity index (χ1v) is 17.6. The maximum atomic E-state index is 12.9. The predicted molar refractivity (Wildman–Crippen MR) is 159 cm³/mol. The summed E-state index contributed by atoms with van der Waals surface area (Å²) in [5.74, 6) is -0.711. The number of aliphatic hydroxyl groups excluding tert-OH is 1. The molecule has 4 aliphatic carbocycles. The monoisotopic (exact) mass is 616 g/mol. The van der Waals surface area contributed by atoms with Gasteiger partial charge in [-0.3, -0.25) is 0 Å². The molecule has 3 fully saturated rings. The van der Waals surface area contributed by atoms with Gasteiger partial charge in [-0.1, -0.05) is 51.5 Å². The molecule has 238 valence electrons.